The van der Waals surface area contributed by atoms with Crippen LogP contribution in [0.2, 0.25) is 0 Å². The van der Waals surface area contributed by atoms with Crippen molar-refractivity contribution in [2.24, 2.45) is 17.3 Å². The molecule has 0 bridgehead atoms. The van der Waals surface area contributed by atoms with Crippen molar-refractivity contribution >= 4 is 17.8 Å². The number of carboxylic acids is 1. The summed E-state index contributed by atoms with van der Waals surface area (Å²) in [6.07, 6.45) is 1.49. The van der Waals surface area contributed by atoms with Gasteiger partial charge in [-0.1, -0.05) is 25.1 Å². The molecular formula is C20H26N2O4. The molecule has 2 saturated heterocycles. The number of hydrogen-bond acceptors (Lipinski definition) is 3. The molecule has 6 heteroatoms. The molecule has 2 heterocycles. The minimum Gasteiger partial charge on any atom is -0.481 e. The van der Waals surface area contributed by atoms with E-state index < -0.39 is 17.3 Å². The monoisotopic (exact) mass is 358 g/mol. The SMILES string of the molecule is C[C@@H]1CN(C(=O)C2(C)CCCN(C(=O)c3ccccc3)C2)C[C@H]1C(=O)O. The molecule has 0 radical (unpaired) electrons. The first kappa shape index (κ1) is 18.4. The van der Waals surface area contributed by atoms with E-state index in [1.807, 2.05) is 32.0 Å². The van der Waals surface area contributed by atoms with Gasteiger partial charge in [0.2, 0.25) is 5.91 Å². The number of piperidine rings is 1. The largest absolute Gasteiger partial charge is 0.481 e. The third-order valence-corrected chi connectivity index (χ3v) is 5.74. The maximum Gasteiger partial charge on any atom is 0.308 e. The zero-order valence-corrected chi connectivity index (χ0v) is 15.4. The number of rotatable bonds is 3. The van der Waals surface area contributed by atoms with Gasteiger partial charge in [0.25, 0.3) is 5.91 Å². The molecule has 1 unspecified atom stereocenters. The zero-order valence-electron chi connectivity index (χ0n) is 15.4. The van der Waals surface area contributed by atoms with Crippen LogP contribution in [0.5, 0.6) is 0 Å². The minimum absolute atomic E-state index is 0.0290. The average molecular weight is 358 g/mol. The van der Waals surface area contributed by atoms with Gasteiger partial charge in [0.05, 0.1) is 11.3 Å². The molecule has 3 rings (SSSR count). The fraction of sp³-hybridized carbons (Fsp3) is 0.550. The molecule has 1 N–H and O–H groups in total. The number of carbonyl (C=O) groups excluding carboxylic acids is 2. The van der Waals surface area contributed by atoms with Gasteiger partial charge in [0.15, 0.2) is 0 Å². The highest BCUT2D eigenvalue weighted by atomic mass is 16.4. The molecule has 2 amide bonds. The van der Waals surface area contributed by atoms with Crippen LogP contribution < -0.4 is 0 Å². The number of carbonyl (C=O) groups is 3. The standard InChI is InChI=1S/C20H26N2O4/c1-14-11-22(12-16(14)18(24)25)19(26)20(2)9-6-10-21(13-20)17(23)15-7-4-3-5-8-15/h3-5,7-8,14,16H,6,9-13H2,1-2H3,(H,24,25)/t14-,16-,20?/m1/s1. The van der Waals surface area contributed by atoms with E-state index in [0.29, 0.717) is 31.6 Å². The van der Waals surface area contributed by atoms with E-state index in [0.717, 1.165) is 6.42 Å². The molecule has 3 atom stereocenters. The number of carboxylic acid groups (broad SMARTS) is 1. The Morgan fingerprint density at radius 2 is 1.81 bits per heavy atom. The van der Waals surface area contributed by atoms with Crippen LogP contribution in [0.3, 0.4) is 0 Å². The molecule has 0 saturated carbocycles. The lowest BCUT2D eigenvalue weighted by atomic mass is 9.80. The summed E-state index contributed by atoms with van der Waals surface area (Å²) < 4.78 is 0. The summed E-state index contributed by atoms with van der Waals surface area (Å²) in [5.74, 6) is -1.48. The first-order chi connectivity index (χ1) is 12.3. The Labute approximate surface area is 153 Å². The Kier molecular flexibility index (Phi) is 5.03. The van der Waals surface area contributed by atoms with E-state index in [2.05, 4.69) is 0 Å². The number of nitrogens with zero attached hydrogens (tertiary/aromatic N) is 2. The average Bonchev–Trinajstić information content (AvgIpc) is 3.03. The van der Waals surface area contributed by atoms with Crippen LogP contribution in [0.4, 0.5) is 0 Å². The maximum atomic E-state index is 13.1. The van der Waals surface area contributed by atoms with E-state index in [1.165, 1.54) is 0 Å². The van der Waals surface area contributed by atoms with Gasteiger partial charge in [-0.2, -0.15) is 0 Å². The second-order valence-electron chi connectivity index (χ2n) is 7.89. The van der Waals surface area contributed by atoms with Crippen molar-refractivity contribution in [3.63, 3.8) is 0 Å². The summed E-state index contributed by atoms with van der Waals surface area (Å²) in [7, 11) is 0. The van der Waals surface area contributed by atoms with Crippen LogP contribution >= 0.6 is 0 Å². The van der Waals surface area contributed by atoms with Crippen molar-refractivity contribution in [3.8, 4) is 0 Å². The van der Waals surface area contributed by atoms with Crippen molar-refractivity contribution in [2.75, 3.05) is 26.2 Å². The lowest BCUT2D eigenvalue weighted by molar-refractivity contribution is -0.144. The molecule has 0 aliphatic carbocycles. The molecule has 0 spiro atoms. The van der Waals surface area contributed by atoms with E-state index in [-0.39, 0.29) is 24.3 Å². The van der Waals surface area contributed by atoms with Gasteiger partial charge in [0.1, 0.15) is 0 Å². The van der Waals surface area contributed by atoms with E-state index in [4.69, 9.17) is 0 Å². The molecule has 140 valence electrons. The third-order valence-electron chi connectivity index (χ3n) is 5.74. The summed E-state index contributed by atoms with van der Waals surface area (Å²) in [4.78, 5) is 40.7. The molecule has 6 nitrogen and oxygen atoms in total. The van der Waals surface area contributed by atoms with Crippen molar-refractivity contribution in [2.45, 2.75) is 26.7 Å². The Hall–Kier alpha value is -2.37. The zero-order chi connectivity index (χ0) is 18.9. The summed E-state index contributed by atoms with van der Waals surface area (Å²) in [6, 6.07) is 9.11. The predicted octanol–water partition coefficient (Wildman–Crippen LogP) is 2.11. The number of hydrogen-bond donors (Lipinski definition) is 1. The van der Waals surface area contributed by atoms with Crippen LogP contribution in [0, 0.1) is 17.3 Å². The van der Waals surface area contributed by atoms with Gasteiger partial charge in [-0.3, -0.25) is 14.4 Å². The van der Waals surface area contributed by atoms with E-state index in [1.54, 1.807) is 21.9 Å². The molecule has 2 aliphatic heterocycles. The maximum absolute atomic E-state index is 13.1. The van der Waals surface area contributed by atoms with Crippen molar-refractivity contribution in [1.29, 1.82) is 0 Å². The van der Waals surface area contributed by atoms with Gasteiger partial charge in [-0.05, 0) is 37.8 Å². The normalized spacial score (nSPS) is 28.8. The Balaban J connectivity index is 1.72. The summed E-state index contributed by atoms with van der Waals surface area (Å²) in [6.45, 7) is 5.53. The highest BCUT2D eigenvalue weighted by molar-refractivity contribution is 5.95. The Morgan fingerprint density at radius 1 is 1.12 bits per heavy atom. The molecule has 2 fully saturated rings. The highest BCUT2D eigenvalue weighted by Gasteiger charge is 2.45. The van der Waals surface area contributed by atoms with Crippen molar-refractivity contribution in [3.05, 3.63) is 35.9 Å². The number of aliphatic carboxylic acids is 1. The Morgan fingerprint density at radius 3 is 2.42 bits per heavy atom. The van der Waals surface area contributed by atoms with E-state index >= 15 is 0 Å². The predicted molar refractivity (Wildman–Crippen MR) is 96.6 cm³/mol. The first-order valence-corrected chi connectivity index (χ1v) is 9.18. The summed E-state index contributed by atoms with van der Waals surface area (Å²) in [5, 5.41) is 9.31. The third kappa shape index (κ3) is 3.45. The van der Waals surface area contributed by atoms with Crippen LogP contribution in [0.25, 0.3) is 0 Å². The van der Waals surface area contributed by atoms with Gasteiger partial charge in [-0.25, -0.2) is 0 Å². The quantitative estimate of drug-likeness (QED) is 0.898. The number of likely N-dealkylation sites (tertiary alicyclic amines) is 2. The summed E-state index contributed by atoms with van der Waals surface area (Å²) >= 11 is 0. The topological polar surface area (TPSA) is 77.9 Å². The van der Waals surface area contributed by atoms with Crippen molar-refractivity contribution in [1.82, 2.24) is 9.80 Å². The smallest absolute Gasteiger partial charge is 0.308 e. The van der Waals surface area contributed by atoms with Crippen LogP contribution in [0.15, 0.2) is 30.3 Å². The second-order valence-corrected chi connectivity index (χ2v) is 7.89. The molecular weight excluding hydrogens is 332 g/mol. The number of benzene rings is 1. The van der Waals surface area contributed by atoms with Crippen LogP contribution in [-0.2, 0) is 9.59 Å². The lowest BCUT2D eigenvalue weighted by Gasteiger charge is -2.41. The molecule has 0 aromatic heterocycles. The Bertz CT molecular complexity index is 705. The first-order valence-electron chi connectivity index (χ1n) is 9.18. The second kappa shape index (κ2) is 7.09. The summed E-state index contributed by atoms with van der Waals surface area (Å²) in [5.41, 5.74) is -0.0274. The molecule has 1 aromatic carbocycles. The molecule has 1 aromatic rings. The van der Waals surface area contributed by atoms with Crippen LogP contribution in [0.1, 0.15) is 37.0 Å². The van der Waals surface area contributed by atoms with E-state index in [9.17, 15) is 19.5 Å². The van der Waals surface area contributed by atoms with Crippen molar-refractivity contribution < 1.29 is 19.5 Å². The molecule has 2 aliphatic rings. The van der Waals surface area contributed by atoms with Gasteiger partial charge >= 0.3 is 5.97 Å². The van der Waals surface area contributed by atoms with Gasteiger partial charge in [0, 0.05) is 31.7 Å². The fourth-order valence-electron chi connectivity index (χ4n) is 4.19. The molecule has 26 heavy (non-hydrogen) atoms. The fourth-order valence-corrected chi connectivity index (χ4v) is 4.19. The minimum atomic E-state index is -0.845. The lowest BCUT2D eigenvalue weighted by Crippen LogP contribution is -2.52. The van der Waals surface area contributed by atoms with Crippen LogP contribution in [-0.4, -0.2) is 58.9 Å². The van der Waals surface area contributed by atoms with Gasteiger partial charge in [-0.15, -0.1) is 0 Å². The van der Waals surface area contributed by atoms with Gasteiger partial charge < -0.3 is 14.9 Å². The number of amides is 2. The highest BCUT2D eigenvalue weighted by Crippen LogP contribution is 2.35.